The molecule has 4 fully saturated rings. The van der Waals surface area contributed by atoms with E-state index in [0.29, 0.717) is 0 Å². The van der Waals surface area contributed by atoms with Gasteiger partial charge >= 0.3 is 0 Å². The van der Waals surface area contributed by atoms with E-state index in [2.05, 4.69) is 45.2 Å². The van der Waals surface area contributed by atoms with Gasteiger partial charge in [0, 0.05) is 7.85 Å². The summed E-state index contributed by atoms with van der Waals surface area (Å²) >= 11 is 5.53. The topological polar surface area (TPSA) is 0 Å². The van der Waals surface area contributed by atoms with Gasteiger partial charge in [-0.2, -0.15) is 0 Å². The number of alkyl halides is 2. The summed E-state index contributed by atoms with van der Waals surface area (Å²) in [7, 11) is 0. The van der Waals surface area contributed by atoms with Crippen molar-refractivity contribution in [3.05, 3.63) is 0 Å². The average Bonchev–Trinajstić information content (AvgIpc) is 2.68. The number of halogens is 2. The van der Waals surface area contributed by atoms with E-state index in [9.17, 15) is 0 Å². The fraction of sp³-hybridized carbons (Fsp3) is 1.00. The molecule has 0 unspecified atom stereocenters. The third-order valence-electron chi connectivity index (χ3n) is 5.18. The Kier molecular flexibility index (Phi) is 1.39. The van der Waals surface area contributed by atoms with E-state index in [0.717, 1.165) is 19.7 Å². The molecule has 0 aromatic rings. The second kappa shape index (κ2) is 2.17. The van der Waals surface area contributed by atoms with Crippen molar-refractivity contribution in [2.24, 2.45) is 35.5 Å². The van der Waals surface area contributed by atoms with Gasteiger partial charge in [-0.15, -0.1) is 0 Å². The van der Waals surface area contributed by atoms with Gasteiger partial charge in [-0.25, -0.2) is 0 Å². The minimum atomic E-state index is 1.08. The van der Waals surface area contributed by atoms with Crippen LogP contribution in [0.25, 0.3) is 0 Å². The smallest absolute Gasteiger partial charge is 0.0175 e. The standard InChI is InChI=1S/C10H12I2/c11-9-5-1-3-6-2-4(5)8(7(3)9)10(6)12/h3-10H,1-2H2/t3-,4-,5-,6+,7-,8+,9+,10-/m1/s1. The highest BCUT2D eigenvalue weighted by atomic mass is 127. The second-order valence-corrected chi connectivity index (χ2v) is 8.05. The normalized spacial score (nSPS) is 76.5. The van der Waals surface area contributed by atoms with Crippen molar-refractivity contribution in [2.45, 2.75) is 20.7 Å². The molecule has 0 N–H and O–H groups in total. The first kappa shape index (κ1) is 7.71. The Balaban J connectivity index is 1.92. The first-order chi connectivity index (χ1) is 5.79. The molecule has 12 heavy (non-hydrogen) atoms. The zero-order valence-electron chi connectivity index (χ0n) is 6.79. The molecule has 0 aromatic carbocycles. The molecule has 0 aromatic heterocycles. The summed E-state index contributed by atoms with van der Waals surface area (Å²) in [6.45, 7) is 0. The quantitative estimate of drug-likeness (QED) is 0.444. The first-order valence-corrected chi connectivity index (χ1v) is 7.56. The molecule has 66 valence electrons. The van der Waals surface area contributed by atoms with E-state index in [1.54, 1.807) is 12.8 Å². The Hall–Kier alpha value is 1.46. The lowest BCUT2D eigenvalue weighted by Gasteiger charge is -2.33. The van der Waals surface area contributed by atoms with Crippen molar-refractivity contribution >= 4 is 45.2 Å². The van der Waals surface area contributed by atoms with Crippen LogP contribution in [0.15, 0.2) is 0 Å². The lowest BCUT2D eigenvalue weighted by atomic mass is 9.71. The van der Waals surface area contributed by atoms with E-state index >= 15 is 0 Å². The predicted molar refractivity (Wildman–Crippen MR) is 65.8 cm³/mol. The van der Waals surface area contributed by atoms with Crippen LogP contribution < -0.4 is 0 Å². The van der Waals surface area contributed by atoms with Crippen molar-refractivity contribution in [3.8, 4) is 0 Å². The van der Waals surface area contributed by atoms with Crippen LogP contribution in [-0.4, -0.2) is 7.85 Å². The van der Waals surface area contributed by atoms with Crippen LogP contribution in [0.1, 0.15) is 12.8 Å². The monoisotopic (exact) mass is 386 g/mol. The van der Waals surface area contributed by atoms with E-state index < -0.39 is 0 Å². The van der Waals surface area contributed by atoms with Crippen molar-refractivity contribution < 1.29 is 0 Å². The molecular weight excluding hydrogens is 374 g/mol. The summed E-state index contributed by atoms with van der Waals surface area (Å²) in [5.74, 6) is 6.99. The van der Waals surface area contributed by atoms with E-state index in [1.165, 1.54) is 23.7 Å². The molecular formula is C10H12I2. The molecule has 0 amide bonds. The zero-order chi connectivity index (χ0) is 8.03. The molecule has 4 rings (SSSR count). The van der Waals surface area contributed by atoms with Gasteiger partial charge in [-0.05, 0) is 48.3 Å². The van der Waals surface area contributed by atoms with Crippen LogP contribution in [0.3, 0.4) is 0 Å². The maximum Gasteiger partial charge on any atom is 0.0175 e. The molecule has 4 aliphatic carbocycles. The van der Waals surface area contributed by atoms with E-state index in [4.69, 9.17) is 0 Å². The number of hydrogen-bond donors (Lipinski definition) is 0. The summed E-state index contributed by atoms with van der Waals surface area (Å²) in [4.78, 5) is 0. The third kappa shape index (κ3) is 0.607. The van der Waals surface area contributed by atoms with E-state index in [1.807, 2.05) is 0 Å². The number of hydrogen-bond acceptors (Lipinski definition) is 0. The minimum Gasteiger partial charge on any atom is -0.0820 e. The summed E-state index contributed by atoms with van der Waals surface area (Å²) in [5.41, 5.74) is 0. The second-order valence-electron chi connectivity index (χ2n) is 5.17. The van der Waals surface area contributed by atoms with Crippen molar-refractivity contribution in [2.75, 3.05) is 0 Å². The van der Waals surface area contributed by atoms with Gasteiger partial charge in [0.2, 0.25) is 0 Å². The van der Waals surface area contributed by atoms with Crippen molar-refractivity contribution in [1.82, 2.24) is 0 Å². The largest absolute Gasteiger partial charge is 0.0820 e. The van der Waals surface area contributed by atoms with Gasteiger partial charge in [0.25, 0.3) is 0 Å². The van der Waals surface area contributed by atoms with Gasteiger partial charge in [-0.3, -0.25) is 0 Å². The Morgan fingerprint density at radius 2 is 1.08 bits per heavy atom. The molecule has 4 bridgehead atoms. The van der Waals surface area contributed by atoms with Crippen LogP contribution >= 0.6 is 45.2 Å². The Labute approximate surface area is 101 Å². The maximum absolute atomic E-state index is 2.77. The maximum atomic E-state index is 2.77. The van der Waals surface area contributed by atoms with Gasteiger partial charge in [0.15, 0.2) is 0 Å². The van der Waals surface area contributed by atoms with Crippen LogP contribution in [-0.2, 0) is 0 Å². The molecule has 0 nitrogen and oxygen atoms in total. The van der Waals surface area contributed by atoms with Gasteiger partial charge in [0.05, 0.1) is 0 Å². The zero-order valence-corrected chi connectivity index (χ0v) is 11.1. The lowest BCUT2D eigenvalue weighted by molar-refractivity contribution is 0.146. The van der Waals surface area contributed by atoms with Gasteiger partial charge in [-0.1, -0.05) is 45.2 Å². The minimum absolute atomic E-state index is 1.08. The number of fused-ring (bicyclic) bond motifs is 4. The highest BCUT2D eigenvalue weighted by Gasteiger charge is 2.71. The highest BCUT2D eigenvalue weighted by molar-refractivity contribution is 14.1. The summed E-state index contributed by atoms with van der Waals surface area (Å²) < 4.78 is 2.15. The molecule has 4 saturated carbocycles. The molecule has 8 atom stereocenters. The highest BCUT2D eigenvalue weighted by Crippen LogP contribution is 2.75. The molecule has 0 heterocycles. The third-order valence-corrected chi connectivity index (χ3v) is 8.68. The molecule has 4 aliphatic rings. The molecule has 0 saturated heterocycles. The summed E-state index contributed by atoms with van der Waals surface area (Å²) in [5, 5.41) is 0. The van der Waals surface area contributed by atoms with Crippen LogP contribution in [0.2, 0.25) is 0 Å². The molecule has 0 aliphatic heterocycles. The average molecular weight is 386 g/mol. The van der Waals surface area contributed by atoms with Gasteiger partial charge < -0.3 is 0 Å². The Morgan fingerprint density at radius 3 is 1.42 bits per heavy atom. The van der Waals surface area contributed by atoms with Crippen LogP contribution in [0.5, 0.6) is 0 Å². The predicted octanol–water partition coefficient (Wildman–Crippen LogP) is 3.13. The van der Waals surface area contributed by atoms with Crippen LogP contribution in [0.4, 0.5) is 0 Å². The molecule has 0 spiro atoms. The van der Waals surface area contributed by atoms with Crippen LogP contribution in [0, 0.1) is 35.5 Å². The van der Waals surface area contributed by atoms with Crippen molar-refractivity contribution in [1.29, 1.82) is 0 Å². The van der Waals surface area contributed by atoms with Gasteiger partial charge in [0.1, 0.15) is 0 Å². The molecule has 2 heteroatoms. The van der Waals surface area contributed by atoms with Crippen molar-refractivity contribution in [3.63, 3.8) is 0 Å². The Morgan fingerprint density at radius 1 is 0.667 bits per heavy atom. The fourth-order valence-electron chi connectivity index (χ4n) is 4.98. The lowest BCUT2D eigenvalue weighted by Crippen LogP contribution is -2.27. The summed E-state index contributed by atoms with van der Waals surface area (Å²) in [6, 6.07) is 0. The Bertz CT molecular complexity index is 226. The summed E-state index contributed by atoms with van der Waals surface area (Å²) in [6.07, 6.45) is 3.23. The van der Waals surface area contributed by atoms with E-state index in [-0.39, 0.29) is 0 Å². The molecule has 0 radical (unpaired) electrons. The fourth-order valence-corrected chi connectivity index (χ4v) is 8.66. The first-order valence-electron chi connectivity index (χ1n) is 5.07. The number of rotatable bonds is 0. The SMILES string of the molecule is I[C@@H]1[C@H]2C[C@@H]3[C@H]4C[C@H]2[C@@H]([C@H]4I)[C@@H]13.